The van der Waals surface area contributed by atoms with Crippen LogP contribution in [0.1, 0.15) is 5.56 Å². The summed E-state index contributed by atoms with van der Waals surface area (Å²) >= 11 is 0. The molecule has 1 heterocycles. The minimum absolute atomic E-state index is 0.133. The van der Waals surface area contributed by atoms with E-state index in [4.69, 9.17) is 9.47 Å². The summed E-state index contributed by atoms with van der Waals surface area (Å²) in [6, 6.07) is 10.7. The van der Waals surface area contributed by atoms with Crippen LogP contribution < -0.4 is 9.47 Å². The SMILES string of the molecule is OC(Cc1c(F)cccc1F)C1COc2ccccc2O1. The molecule has 2 unspecified atom stereocenters. The molecule has 0 fully saturated rings. The molecule has 0 amide bonds. The van der Waals surface area contributed by atoms with Crippen LogP contribution >= 0.6 is 0 Å². The third-order valence-electron chi connectivity index (χ3n) is 3.43. The zero-order valence-electron chi connectivity index (χ0n) is 11.1. The summed E-state index contributed by atoms with van der Waals surface area (Å²) in [6.07, 6.45) is -1.90. The Morgan fingerprint density at radius 3 is 2.43 bits per heavy atom. The number of hydrogen-bond acceptors (Lipinski definition) is 3. The molecule has 0 saturated heterocycles. The fourth-order valence-corrected chi connectivity index (χ4v) is 2.29. The minimum Gasteiger partial charge on any atom is -0.486 e. The van der Waals surface area contributed by atoms with Crippen LogP contribution in [-0.4, -0.2) is 23.9 Å². The van der Waals surface area contributed by atoms with Crippen molar-refractivity contribution < 1.29 is 23.4 Å². The number of aliphatic hydroxyl groups is 1. The molecule has 0 bridgehead atoms. The standard InChI is InChI=1S/C16H14F2O3/c17-11-4-3-5-12(18)10(11)8-13(19)16-9-20-14-6-1-2-7-15(14)21-16/h1-7,13,16,19H,8-9H2. The van der Waals surface area contributed by atoms with E-state index in [1.165, 1.54) is 18.2 Å². The van der Waals surface area contributed by atoms with Crippen LogP contribution in [0.2, 0.25) is 0 Å². The van der Waals surface area contributed by atoms with Crippen LogP contribution in [0.4, 0.5) is 8.78 Å². The van der Waals surface area contributed by atoms with E-state index in [1.54, 1.807) is 18.2 Å². The van der Waals surface area contributed by atoms with Gasteiger partial charge in [-0.1, -0.05) is 18.2 Å². The quantitative estimate of drug-likeness (QED) is 0.945. The maximum absolute atomic E-state index is 13.6. The molecule has 5 heteroatoms. The number of halogens is 2. The predicted molar refractivity (Wildman–Crippen MR) is 72.4 cm³/mol. The van der Waals surface area contributed by atoms with Crippen LogP contribution in [0.25, 0.3) is 0 Å². The first-order valence-electron chi connectivity index (χ1n) is 6.64. The van der Waals surface area contributed by atoms with E-state index in [-0.39, 0.29) is 18.6 Å². The van der Waals surface area contributed by atoms with E-state index >= 15 is 0 Å². The number of para-hydroxylation sites is 2. The van der Waals surface area contributed by atoms with Gasteiger partial charge in [-0.25, -0.2) is 8.78 Å². The number of benzene rings is 2. The zero-order chi connectivity index (χ0) is 14.8. The van der Waals surface area contributed by atoms with Crippen molar-refractivity contribution in [1.29, 1.82) is 0 Å². The Labute approximate surface area is 120 Å². The lowest BCUT2D eigenvalue weighted by atomic mass is 10.0. The lowest BCUT2D eigenvalue weighted by molar-refractivity contribution is -0.0101. The normalized spacial score (nSPS) is 18.3. The molecule has 2 aromatic carbocycles. The molecule has 1 N–H and O–H groups in total. The average Bonchev–Trinajstić information content (AvgIpc) is 2.50. The summed E-state index contributed by atoms with van der Waals surface area (Å²) in [4.78, 5) is 0. The van der Waals surface area contributed by atoms with E-state index in [1.807, 2.05) is 6.07 Å². The highest BCUT2D eigenvalue weighted by atomic mass is 19.1. The van der Waals surface area contributed by atoms with E-state index < -0.39 is 23.8 Å². The summed E-state index contributed by atoms with van der Waals surface area (Å²) < 4.78 is 38.3. The Morgan fingerprint density at radius 2 is 1.71 bits per heavy atom. The summed E-state index contributed by atoms with van der Waals surface area (Å²) in [5.74, 6) is -0.239. The fraction of sp³-hybridized carbons (Fsp3) is 0.250. The third kappa shape index (κ3) is 2.83. The van der Waals surface area contributed by atoms with Gasteiger partial charge in [-0.3, -0.25) is 0 Å². The Hall–Kier alpha value is -2.14. The van der Waals surface area contributed by atoms with Crippen LogP contribution in [-0.2, 0) is 6.42 Å². The number of fused-ring (bicyclic) bond motifs is 1. The van der Waals surface area contributed by atoms with Crippen LogP contribution in [0.5, 0.6) is 11.5 Å². The highest BCUT2D eigenvalue weighted by Crippen LogP contribution is 2.32. The van der Waals surface area contributed by atoms with E-state index in [0.717, 1.165) is 0 Å². The third-order valence-corrected chi connectivity index (χ3v) is 3.43. The van der Waals surface area contributed by atoms with Gasteiger partial charge in [0, 0.05) is 12.0 Å². The first-order chi connectivity index (χ1) is 10.1. The average molecular weight is 292 g/mol. The van der Waals surface area contributed by atoms with Crippen molar-refractivity contribution in [3.05, 3.63) is 59.7 Å². The maximum atomic E-state index is 13.6. The van der Waals surface area contributed by atoms with Gasteiger partial charge in [-0.15, -0.1) is 0 Å². The Bertz CT molecular complexity index is 625. The number of ether oxygens (including phenoxy) is 2. The molecular formula is C16H14F2O3. The van der Waals surface area contributed by atoms with Crippen molar-refractivity contribution in [3.8, 4) is 11.5 Å². The lowest BCUT2D eigenvalue weighted by Crippen LogP contribution is -2.41. The van der Waals surface area contributed by atoms with E-state index in [2.05, 4.69) is 0 Å². The van der Waals surface area contributed by atoms with Gasteiger partial charge in [-0.05, 0) is 24.3 Å². The highest BCUT2D eigenvalue weighted by molar-refractivity contribution is 5.40. The second-order valence-electron chi connectivity index (χ2n) is 4.89. The highest BCUT2D eigenvalue weighted by Gasteiger charge is 2.29. The molecule has 0 spiro atoms. The van der Waals surface area contributed by atoms with Crippen LogP contribution in [0, 0.1) is 11.6 Å². The van der Waals surface area contributed by atoms with Crippen LogP contribution in [0.3, 0.4) is 0 Å². The molecule has 0 aliphatic carbocycles. The second kappa shape index (κ2) is 5.69. The smallest absolute Gasteiger partial charge is 0.161 e. The van der Waals surface area contributed by atoms with E-state index in [0.29, 0.717) is 11.5 Å². The van der Waals surface area contributed by atoms with Gasteiger partial charge in [0.2, 0.25) is 0 Å². The molecule has 2 aromatic rings. The van der Waals surface area contributed by atoms with Crippen molar-refractivity contribution in [2.75, 3.05) is 6.61 Å². The molecule has 0 saturated carbocycles. The van der Waals surface area contributed by atoms with Crippen LogP contribution in [0.15, 0.2) is 42.5 Å². The van der Waals surface area contributed by atoms with Gasteiger partial charge in [0.25, 0.3) is 0 Å². The van der Waals surface area contributed by atoms with Gasteiger partial charge in [-0.2, -0.15) is 0 Å². The summed E-state index contributed by atoms with van der Waals surface area (Å²) in [6.45, 7) is 0.133. The van der Waals surface area contributed by atoms with Crippen molar-refractivity contribution in [1.82, 2.24) is 0 Å². The number of aliphatic hydroxyl groups excluding tert-OH is 1. The summed E-state index contributed by atoms with van der Waals surface area (Å²) in [5, 5.41) is 10.2. The molecule has 1 aliphatic heterocycles. The van der Waals surface area contributed by atoms with Crippen molar-refractivity contribution >= 4 is 0 Å². The molecule has 2 atom stereocenters. The topological polar surface area (TPSA) is 38.7 Å². The Kier molecular flexibility index (Phi) is 3.75. The maximum Gasteiger partial charge on any atom is 0.161 e. The molecule has 0 radical (unpaired) electrons. The molecular weight excluding hydrogens is 278 g/mol. The molecule has 3 rings (SSSR count). The molecule has 21 heavy (non-hydrogen) atoms. The molecule has 1 aliphatic rings. The minimum atomic E-state index is -1.07. The fourth-order valence-electron chi connectivity index (χ4n) is 2.29. The van der Waals surface area contributed by atoms with Crippen molar-refractivity contribution in [2.24, 2.45) is 0 Å². The predicted octanol–water partition coefficient (Wildman–Crippen LogP) is 2.71. The van der Waals surface area contributed by atoms with Gasteiger partial charge < -0.3 is 14.6 Å². The summed E-state index contributed by atoms with van der Waals surface area (Å²) in [5.41, 5.74) is -0.146. The van der Waals surface area contributed by atoms with Crippen molar-refractivity contribution in [3.63, 3.8) is 0 Å². The lowest BCUT2D eigenvalue weighted by Gasteiger charge is -2.29. The molecule has 110 valence electrons. The van der Waals surface area contributed by atoms with Gasteiger partial charge in [0.05, 0.1) is 6.10 Å². The number of rotatable bonds is 3. The summed E-state index contributed by atoms with van der Waals surface area (Å²) in [7, 11) is 0. The molecule has 3 nitrogen and oxygen atoms in total. The first kappa shape index (κ1) is 13.8. The van der Waals surface area contributed by atoms with Gasteiger partial charge in [0.15, 0.2) is 17.6 Å². The Morgan fingerprint density at radius 1 is 1.05 bits per heavy atom. The molecule has 0 aromatic heterocycles. The largest absolute Gasteiger partial charge is 0.486 e. The Balaban J connectivity index is 1.74. The van der Waals surface area contributed by atoms with E-state index in [9.17, 15) is 13.9 Å². The second-order valence-corrected chi connectivity index (χ2v) is 4.89. The van der Waals surface area contributed by atoms with Gasteiger partial charge in [0.1, 0.15) is 18.2 Å². The zero-order valence-corrected chi connectivity index (χ0v) is 11.1. The number of hydrogen-bond donors (Lipinski definition) is 1. The van der Waals surface area contributed by atoms with Crippen molar-refractivity contribution in [2.45, 2.75) is 18.6 Å². The first-order valence-corrected chi connectivity index (χ1v) is 6.64. The van der Waals surface area contributed by atoms with Gasteiger partial charge >= 0.3 is 0 Å². The monoisotopic (exact) mass is 292 g/mol.